The number of nitriles is 1. The fraction of sp³-hybridized carbons (Fsp3) is 0.250. The molecule has 138 valence electrons. The Balaban J connectivity index is 1.64. The summed E-state index contributed by atoms with van der Waals surface area (Å²) in [5.41, 5.74) is 2.33. The molecule has 0 aliphatic heterocycles. The number of benzene rings is 2. The van der Waals surface area contributed by atoms with E-state index in [-0.39, 0.29) is 11.9 Å². The zero-order valence-corrected chi connectivity index (χ0v) is 16.7. The molecule has 2 aromatic carbocycles. The van der Waals surface area contributed by atoms with Gasteiger partial charge < -0.3 is 9.30 Å². The predicted octanol–water partition coefficient (Wildman–Crippen LogP) is 4.58. The Bertz CT molecular complexity index is 949. The Kier molecular flexibility index (Phi) is 6.38. The first kappa shape index (κ1) is 19.3. The van der Waals surface area contributed by atoms with Gasteiger partial charge in [-0.15, -0.1) is 10.2 Å². The average Bonchev–Trinajstić information content (AvgIpc) is 3.02. The third-order valence-electron chi connectivity index (χ3n) is 4.05. The number of aryl methyl sites for hydroxylation is 1. The van der Waals surface area contributed by atoms with Crippen molar-refractivity contribution < 1.29 is 4.74 Å². The van der Waals surface area contributed by atoms with Gasteiger partial charge in [0.05, 0.1) is 11.1 Å². The third-order valence-corrected chi connectivity index (χ3v) is 5.49. The maximum absolute atomic E-state index is 9.52. The van der Waals surface area contributed by atoms with Crippen LogP contribution in [0.4, 0.5) is 0 Å². The summed E-state index contributed by atoms with van der Waals surface area (Å²) in [7, 11) is 1.87. The van der Waals surface area contributed by atoms with Gasteiger partial charge in [0, 0.05) is 7.05 Å². The van der Waals surface area contributed by atoms with Crippen molar-refractivity contribution in [1.29, 1.82) is 5.26 Å². The van der Waals surface area contributed by atoms with E-state index in [1.807, 2.05) is 36.7 Å². The van der Waals surface area contributed by atoms with Crippen LogP contribution in [0, 0.1) is 18.3 Å². The first-order valence-corrected chi connectivity index (χ1v) is 9.70. The van der Waals surface area contributed by atoms with Crippen LogP contribution in [0.15, 0.2) is 53.7 Å². The summed E-state index contributed by atoms with van der Waals surface area (Å²) in [6.07, 6.45) is 0.653. The molecule has 3 rings (SSSR count). The minimum atomic E-state index is -0.243. The second-order valence-electron chi connectivity index (χ2n) is 6.10. The largest absolute Gasteiger partial charge is 0.484 e. The molecule has 0 N–H and O–H groups in total. The number of rotatable bonds is 7. The molecule has 27 heavy (non-hydrogen) atoms. The van der Waals surface area contributed by atoms with Gasteiger partial charge in [0.2, 0.25) is 0 Å². The van der Waals surface area contributed by atoms with Gasteiger partial charge in [-0.3, -0.25) is 0 Å². The van der Waals surface area contributed by atoms with Crippen LogP contribution in [-0.2, 0) is 20.1 Å². The number of aromatic nitrogens is 3. The van der Waals surface area contributed by atoms with Crippen molar-refractivity contribution in [2.75, 3.05) is 0 Å². The van der Waals surface area contributed by atoms with Gasteiger partial charge in [0.25, 0.3) is 0 Å². The van der Waals surface area contributed by atoms with E-state index in [1.54, 1.807) is 6.07 Å². The molecule has 7 heteroatoms. The fourth-order valence-electron chi connectivity index (χ4n) is 2.46. The van der Waals surface area contributed by atoms with Gasteiger partial charge in [0.1, 0.15) is 17.6 Å². The van der Waals surface area contributed by atoms with Gasteiger partial charge in [-0.1, -0.05) is 65.3 Å². The molecule has 0 bridgehead atoms. The van der Waals surface area contributed by atoms with Gasteiger partial charge in [-0.2, -0.15) is 5.26 Å². The number of thioether (sulfide) groups is 1. The number of ether oxygens (including phenoxy) is 1. The molecule has 1 aromatic heterocycles. The quantitative estimate of drug-likeness (QED) is 0.545. The highest BCUT2D eigenvalue weighted by Gasteiger charge is 2.17. The molecular formula is C20H19ClN4OS. The van der Waals surface area contributed by atoms with Crippen molar-refractivity contribution in [2.24, 2.45) is 7.05 Å². The van der Waals surface area contributed by atoms with Crippen LogP contribution in [0.25, 0.3) is 0 Å². The van der Waals surface area contributed by atoms with Crippen LogP contribution in [0.1, 0.15) is 17.0 Å². The van der Waals surface area contributed by atoms with Crippen molar-refractivity contribution >= 4 is 23.4 Å². The molecule has 0 radical (unpaired) electrons. The molecule has 0 saturated heterocycles. The van der Waals surface area contributed by atoms with Gasteiger partial charge in [-0.05, 0) is 31.0 Å². The van der Waals surface area contributed by atoms with Gasteiger partial charge in [-0.25, -0.2) is 0 Å². The molecule has 0 amide bonds. The first-order valence-electron chi connectivity index (χ1n) is 8.44. The fourth-order valence-corrected chi connectivity index (χ4v) is 3.58. The van der Waals surface area contributed by atoms with Crippen LogP contribution in [0.5, 0.6) is 5.75 Å². The number of nitrogens with zero attached hydrogens (tertiary/aromatic N) is 4. The molecular weight excluding hydrogens is 380 g/mol. The lowest BCUT2D eigenvalue weighted by molar-refractivity contribution is 0.290. The van der Waals surface area contributed by atoms with Crippen molar-refractivity contribution in [3.05, 3.63) is 70.5 Å². The highest BCUT2D eigenvalue weighted by molar-refractivity contribution is 8.00. The Morgan fingerprint density at radius 2 is 1.93 bits per heavy atom. The van der Waals surface area contributed by atoms with Crippen LogP contribution < -0.4 is 4.74 Å². The summed E-state index contributed by atoms with van der Waals surface area (Å²) >= 11 is 7.51. The Morgan fingerprint density at radius 1 is 1.19 bits per heavy atom. The van der Waals surface area contributed by atoms with E-state index in [0.29, 0.717) is 28.2 Å². The normalized spacial score (nSPS) is 11.8. The predicted molar refractivity (Wildman–Crippen MR) is 107 cm³/mol. The summed E-state index contributed by atoms with van der Waals surface area (Å²) in [6, 6.07) is 17.9. The molecule has 0 fully saturated rings. The van der Waals surface area contributed by atoms with Crippen LogP contribution in [0.2, 0.25) is 5.02 Å². The highest BCUT2D eigenvalue weighted by Crippen LogP contribution is 2.26. The van der Waals surface area contributed by atoms with E-state index < -0.39 is 0 Å². The maximum Gasteiger partial charge on any atom is 0.192 e. The Labute approximate surface area is 167 Å². The van der Waals surface area contributed by atoms with Crippen LogP contribution >= 0.6 is 23.4 Å². The lowest BCUT2D eigenvalue weighted by Gasteiger charge is -2.10. The first-order chi connectivity index (χ1) is 13.1. The van der Waals surface area contributed by atoms with E-state index >= 15 is 0 Å². The number of hydrogen-bond acceptors (Lipinski definition) is 5. The summed E-state index contributed by atoms with van der Waals surface area (Å²) < 4.78 is 7.57. The minimum absolute atomic E-state index is 0.243. The lowest BCUT2D eigenvalue weighted by Crippen LogP contribution is -2.08. The van der Waals surface area contributed by atoms with E-state index in [1.165, 1.54) is 17.3 Å². The molecule has 0 saturated carbocycles. The number of halogens is 1. The third kappa shape index (κ3) is 5.03. The molecule has 0 spiro atoms. The summed E-state index contributed by atoms with van der Waals surface area (Å²) in [6.45, 7) is 2.30. The lowest BCUT2D eigenvalue weighted by atomic mass is 10.1. The van der Waals surface area contributed by atoms with Crippen molar-refractivity contribution in [2.45, 2.75) is 30.4 Å². The van der Waals surface area contributed by atoms with E-state index in [9.17, 15) is 5.26 Å². The topological polar surface area (TPSA) is 63.7 Å². The van der Waals surface area contributed by atoms with Crippen molar-refractivity contribution in [3.63, 3.8) is 0 Å². The standard InChI is InChI=1S/C20H19ClN4OS/c1-14-7-9-15(10-8-14)11-16(12-22)27-20-24-23-19(25(20)2)13-26-18-6-4-3-5-17(18)21/h3-10,16H,11,13H2,1-2H3/t16-/m0/s1. The molecule has 5 nitrogen and oxygen atoms in total. The highest BCUT2D eigenvalue weighted by atomic mass is 35.5. The zero-order chi connectivity index (χ0) is 19.2. The zero-order valence-electron chi connectivity index (χ0n) is 15.1. The smallest absolute Gasteiger partial charge is 0.192 e. The molecule has 0 aliphatic rings. The molecule has 1 atom stereocenters. The van der Waals surface area contributed by atoms with E-state index in [0.717, 1.165) is 5.56 Å². The average molecular weight is 399 g/mol. The SMILES string of the molecule is Cc1ccc(C[C@@H](C#N)Sc2nnc(COc3ccccc3Cl)n2C)cc1. The second kappa shape index (κ2) is 8.94. The molecule has 3 aromatic rings. The molecule has 1 heterocycles. The Hall–Kier alpha value is -2.49. The molecule has 0 unspecified atom stereocenters. The number of hydrogen-bond donors (Lipinski definition) is 0. The summed E-state index contributed by atoms with van der Waals surface area (Å²) in [5.74, 6) is 1.27. The minimum Gasteiger partial charge on any atom is -0.484 e. The second-order valence-corrected chi connectivity index (χ2v) is 7.68. The Morgan fingerprint density at radius 3 is 2.63 bits per heavy atom. The van der Waals surface area contributed by atoms with Crippen molar-refractivity contribution in [1.82, 2.24) is 14.8 Å². The summed E-state index contributed by atoms with van der Waals surface area (Å²) in [4.78, 5) is 0. The van der Waals surface area contributed by atoms with Crippen molar-refractivity contribution in [3.8, 4) is 11.8 Å². The van der Waals surface area contributed by atoms with Crippen LogP contribution in [-0.4, -0.2) is 20.0 Å². The maximum atomic E-state index is 9.52. The summed E-state index contributed by atoms with van der Waals surface area (Å²) in [5, 5.41) is 18.9. The van der Waals surface area contributed by atoms with E-state index in [2.05, 4.69) is 40.5 Å². The monoisotopic (exact) mass is 398 g/mol. The number of para-hydroxylation sites is 1. The van der Waals surface area contributed by atoms with E-state index in [4.69, 9.17) is 16.3 Å². The van der Waals surface area contributed by atoms with Crippen LogP contribution in [0.3, 0.4) is 0 Å². The van der Waals surface area contributed by atoms with Gasteiger partial charge >= 0.3 is 0 Å². The van der Waals surface area contributed by atoms with Gasteiger partial charge in [0.15, 0.2) is 11.0 Å². The molecule has 0 aliphatic carbocycles.